The molecular weight excluding hydrogens is 393 g/mol. The van der Waals surface area contributed by atoms with Gasteiger partial charge in [0.25, 0.3) is 5.91 Å². The summed E-state index contributed by atoms with van der Waals surface area (Å²) in [5.41, 5.74) is 8.72. The van der Waals surface area contributed by atoms with E-state index in [9.17, 15) is 14.0 Å². The number of rotatable bonds is 5. The lowest BCUT2D eigenvalue weighted by atomic mass is 9.96. The minimum absolute atomic E-state index is 0.137. The monoisotopic (exact) mass is 417 g/mol. The van der Waals surface area contributed by atoms with E-state index in [1.165, 1.54) is 6.07 Å². The lowest BCUT2D eigenvalue weighted by Crippen LogP contribution is -2.49. The number of halogens is 1. The molecule has 2 N–H and O–H groups in total. The first-order valence-electron chi connectivity index (χ1n) is 10.3. The molecule has 0 aromatic heterocycles. The van der Waals surface area contributed by atoms with Crippen LogP contribution < -0.4 is 10.6 Å². The minimum atomic E-state index is -0.565. The number of primary amides is 1. The van der Waals surface area contributed by atoms with E-state index in [2.05, 4.69) is 0 Å². The lowest BCUT2D eigenvalue weighted by Gasteiger charge is -2.36. The zero-order chi connectivity index (χ0) is 21.8. The van der Waals surface area contributed by atoms with E-state index in [0.717, 1.165) is 11.1 Å². The molecule has 0 saturated carbocycles. The molecule has 1 aliphatic rings. The number of hydrogen-bond donors (Lipinski definition) is 1. The number of carbonyl (C=O) groups excluding carboxylic acids is 2. The van der Waals surface area contributed by atoms with Crippen molar-refractivity contribution in [3.63, 3.8) is 0 Å². The minimum Gasteiger partial charge on any atom is -0.366 e. The molecule has 0 atom stereocenters. The Morgan fingerprint density at radius 3 is 2.23 bits per heavy atom. The molecule has 1 aliphatic heterocycles. The second-order valence-electron chi connectivity index (χ2n) is 7.63. The van der Waals surface area contributed by atoms with Crippen molar-refractivity contribution in [1.29, 1.82) is 0 Å². The Balaban J connectivity index is 1.55. The van der Waals surface area contributed by atoms with Crippen molar-refractivity contribution in [2.45, 2.75) is 6.42 Å². The van der Waals surface area contributed by atoms with Crippen molar-refractivity contribution in [3.8, 4) is 0 Å². The van der Waals surface area contributed by atoms with E-state index >= 15 is 0 Å². The highest BCUT2D eigenvalue weighted by Crippen LogP contribution is 2.23. The van der Waals surface area contributed by atoms with Gasteiger partial charge in [0.05, 0.1) is 5.69 Å². The Hall–Kier alpha value is -3.67. The third-order valence-electron chi connectivity index (χ3n) is 5.62. The van der Waals surface area contributed by atoms with E-state index in [1.807, 2.05) is 35.2 Å². The number of hydrogen-bond acceptors (Lipinski definition) is 3. The van der Waals surface area contributed by atoms with Gasteiger partial charge in [0.1, 0.15) is 5.82 Å². The van der Waals surface area contributed by atoms with Gasteiger partial charge in [0, 0.05) is 37.3 Å². The Bertz CT molecular complexity index is 1090. The summed E-state index contributed by atoms with van der Waals surface area (Å²) in [4.78, 5) is 28.8. The van der Waals surface area contributed by atoms with Gasteiger partial charge in [-0.25, -0.2) is 4.39 Å². The molecule has 5 nitrogen and oxygen atoms in total. The molecule has 158 valence electrons. The molecule has 0 unspecified atom stereocenters. The average Bonchev–Trinajstić information content (AvgIpc) is 2.80. The molecule has 6 heteroatoms. The molecular formula is C25H24FN3O2. The van der Waals surface area contributed by atoms with Gasteiger partial charge in [0.2, 0.25) is 5.91 Å². The summed E-state index contributed by atoms with van der Waals surface area (Å²) in [5, 5.41) is 0. The van der Waals surface area contributed by atoms with Gasteiger partial charge in [0.15, 0.2) is 0 Å². The van der Waals surface area contributed by atoms with Crippen LogP contribution in [0, 0.1) is 5.82 Å². The molecule has 3 aromatic rings. The molecule has 4 rings (SSSR count). The Labute approximate surface area is 180 Å². The van der Waals surface area contributed by atoms with Crippen LogP contribution in [-0.2, 0) is 6.42 Å². The summed E-state index contributed by atoms with van der Waals surface area (Å²) < 4.78 is 14.1. The van der Waals surface area contributed by atoms with Crippen LogP contribution in [0.1, 0.15) is 31.8 Å². The first-order chi connectivity index (χ1) is 15.0. The second kappa shape index (κ2) is 9.00. The zero-order valence-electron chi connectivity index (χ0n) is 17.1. The number of piperazine rings is 1. The van der Waals surface area contributed by atoms with Crippen LogP contribution in [0.5, 0.6) is 0 Å². The summed E-state index contributed by atoms with van der Waals surface area (Å²) in [5.74, 6) is -0.964. The van der Waals surface area contributed by atoms with Crippen LogP contribution in [0.4, 0.5) is 10.1 Å². The number of para-hydroxylation sites is 1. The first kappa shape index (κ1) is 20.6. The smallest absolute Gasteiger partial charge is 0.254 e. The van der Waals surface area contributed by atoms with Gasteiger partial charge in [-0.3, -0.25) is 9.59 Å². The van der Waals surface area contributed by atoms with E-state index < -0.39 is 5.91 Å². The van der Waals surface area contributed by atoms with E-state index in [4.69, 9.17) is 5.73 Å². The van der Waals surface area contributed by atoms with Crippen LogP contribution >= 0.6 is 0 Å². The largest absolute Gasteiger partial charge is 0.366 e. The summed E-state index contributed by atoms with van der Waals surface area (Å²) in [6, 6.07) is 21.6. The van der Waals surface area contributed by atoms with Crippen molar-refractivity contribution in [1.82, 2.24) is 4.90 Å². The van der Waals surface area contributed by atoms with Crippen molar-refractivity contribution in [3.05, 3.63) is 101 Å². The fourth-order valence-electron chi connectivity index (χ4n) is 3.93. The zero-order valence-corrected chi connectivity index (χ0v) is 17.1. The van der Waals surface area contributed by atoms with Crippen LogP contribution in [-0.4, -0.2) is 42.9 Å². The van der Waals surface area contributed by atoms with E-state index in [0.29, 0.717) is 49.4 Å². The molecule has 0 spiro atoms. The number of anilines is 1. The highest BCUT2D eigenvalue weighted by molar-refractivity contribution is 6.00. The molecule has 0 bridgehead atoms. The Morgan fingerprint density at radius 1 is 0.871 bits per heavy atom. The Morgan fingerprint density at radius 2 is 1.55 bits per heavy atom. The average molecular weight is 417 g/mol. The standard InChI is InChI=1S/C25H24FN3O2/c26-22-8-4-5-9-23(22)28-12-14-29(15-13-28)25(31)21-17-20(24(27)30)11-10-19(21)16-18-6-2-1-3-7-18/h1-11,17H,12-16H2,(H2,27,30). The maximum Gasteiger partial charge on any atom is 0.254 e. The van der Waals surface area contributed by atoms with E-state index in [-0.39, 0.29) is 11.7 Å². The van der Waals surface area contributed by atoms with Gasteiger partial charge in [-0.1, -0.05) is 48.5 Å². The molecule has 31 heavy (non-hydrogen) atoms. The summed E-state index contributed by atoms with van der Waals surface area (Å²) in [6.07, 6.45) is 0.580. The molecule has 0 aliphatic carbocycles. The van der Waals surface area contributed by atoms with Crippen LogP contribution in [0.15, 0.2) is 72.8 Å². The lowest BCUT2D eigenvalue weighted by molar-refractivity contribution is 0.0745. The summed E-state index contributed by atoms with van der Waals surface area (Å²) in [6.45, 7) is 2.02. The Kier molecular flexibility index (Phi) is 5.98. The topological polar surface area (TPSA) is 66.6 Å². The number of benzene rings is 3. The van der Waals surface area contributed by atoms with Gasteiger partial charge in [-0.05, 0) is 41.8 Å². The predicted molar refractivity (Wildman–Crippen MR) is 119 cm³/mol. The maximum absolute atomic E-state index is 14.1. The van der Waals surface area contributed by atoms with Crippen LogP contribution in [0.2, 0.25) is 0 Å². The highest BCUT2D eigenvalue weighted by Gasteiger charge is 2.25. The number of carbonyl (C=O) groups is 2. The number of amides is 2. The third-order valence-corrected chi connectivity index (χ3v) is 5.62. The van der Waals surface area contributed by atoms with Crippen molar-refractivity contribution in [2.24, 2.45) is 5.73 Å². The van der Waals surface area contributed by atoms with Crippen molar-refractivity contribution >= 4 is 17.5 Å². The summed E-state index contributed by atoms with van der Waals surface area (Å²) >= 11 is 0. The molecule has 3 aromatic carbocycles. The highest BCUT2D eigenvalue weighted by atomic mass is 19.1. The van der Waals surface area contributed by atoms with Crippen LogP contribution in [0.3, 0.4) is 0 Å². The van der Waals surface area contributed by atoms with Crippen LogP contribution in [0.25, 0.3) is 0 Å². The number of nitrogens with two attached hydrogens (primary N) is 1. The fourth-order valence-corrected chi connectivity index (χ4v) is 3.93. The second-order valence-corrected chi connectivity index (χ2v) is 7.63. The quantitative estimate of drug-likeness (QED) is 0.691. The molecule has 0 radical (unpaired) electrons. The fraction of sp³-hybridized carbons (Fsp3) is 0.200. The number of nitrogens with zero attached hydrogens (tertiary/aromatic N) is 2. The normalized spacial score (nSPS) is 13.8. The van der Waals surface area contributed by atoms with Gasteiger partial charge in [-0.15, -0.1) is 0 Å². The van der Waals surface area contributed by atoms with Gasteiger partial charge < -0.3 is 15.5 Å². The van der Waals surface area contributed by atoms with Crippen molar-refractivity contribution < 1.29 is 14.0 Å². The SMILES string of the molecule is NC(=O)c1ccc(Cc2ccccc2)c(C(=O)N2CCN(c3ccccc3F)CC2)c1. The predicted octanol–water partition coefficient (Wildman–Crippen LogP) is 3.48. The summed E-state index contributed by atoms with van der Waals surface area (Å²) in [7, 11) is 0. The molecule has 1 saturated heterocycles. The molecule has 1 heterocycles. The van der Waals surface area contributed by atoms with Crippen molar-refractivity contribution in [2.75, 3.05) is 31.1 Å². The third kappa shape index (κ3) is 4.58. The molecule has 1 fully saturated rings. The van der Waals surface area contributed by atoms with E-state index in [1.54, 1.807) is 41.3 Å². The van der Waals surface area contributed by atoms with Gasteiger partial charge >= 0.3 is 0 Å². The first-order valence-corrected chi connectivity index (χ1v) is 10.3. The maximum atomic E-state index is 14.1. The molecule has 2 amide bonds. The van der Waals surface area contributed by atoms with Gasteiger partial charge in [-0.2, -0.15) is 0 Å².